The van der Waals surface area contributed by atoms with Crippen molar-refractivity contribution in [1.29, 1.82) is 0 Å². The van der Waals surface area contributed by atoms with E-state index < -0.39 is 23.8 Å². The minimum absolute atomic E-state index is 0.469. The summed E-state index contributed by atoms with van der Waals surface area (Å²) in [4.78, 5) is 16.8. The fraction of sp³-hybridized carbons (Fsp3) is 0.333. The van der Waals surface area contributed by atoms with E-state index >= 15 is 0 Å². The van der Waals surface area contributed by atoms with E-state index in [2.05, 4.69) is 10.3 Å². The zero-order valence-electron chi connectivity index (χ0n) is 15.7. The molecule has 0 spiro atoms. The number of thiazole rings is 1. The molecule has 27 heavy (non-hydrogen) atoms. The van der Waals surface area contributed by atoms with Gasteiger partial charge in [-0.05, 0) is 44.9 Å². The van der Waals surface area contributed by atoms with Gasteiger partial charge in [0.1, 0.15) is 16.7 Å². The molecular formula is C21H24N2O3S. The summed E-state index contributed by atoms with van der Waals surface area (Å²) in [5.74, 6) is 0. The second-order valence-corrected chi connectivity index (χ2v) is 8.47. The molecule has 0 aliphatic carbocycles. The minimum Gasteiger partial charge on any atom is -0.444 e. The number of para-hydroxylation sites is 1. The predicted molar refractivity (Wildman–Crippen MR) is 108 cm³/mol. The Morgan fingerprint density at radius 1 is 1.15 bits per heavy atom. The average molecular weight is 385 g/mol. The van der Waals surface area contributed by atoms with Gasteiger partial charge in [0, 0.05) is 0 Å². The van der Waals surface area contributed by atoms with Gasteiger partial charge in [0.25, 0.3) is 0 Å². The molecule has 2 unspecified atom stereocenters. The van der Waals surface area contributed by atoms with Crippen LogP contribution in [0.3, 0.4) is 0 Å². The van der Waals surface area contributed by atoms with Crippen LogP contribution in [0.25, 0.3) is 10.2 Å². The summed E-state index contributed by atoms with van der Waals surface area (Å²) < 4.78 is 6.37. The highest BCUT2D eigenvalue weighted by Gasteiger charge is 2.28. The first-order valence-corrected chi connectivity index (χ1v) is 9.70. The number of nitrogens with zero attached hydrogens (tertiary/aromatic N) is 1. The fourth-order valence-corrected chi connectivity index (χ4v) is 3.78. The maximum atomic E-state index is 12.3. The van der Waals surface area contributed by atoms with Crippen molar-refractivity contribution in [3.8, 4) is 0 Å². The molecule has 0 radical (unpaired) electrons. The van der Waals surface area contributed by atoms with Crippen molar-refractivity contribution >= 4 is 27.6 Å². The van der Waals surface area contributed by atoms with Crippen LogP contribution in [0.5, 0.6) is 0 Å². The number of hydrogen-bond acceptors (Lipinski definition) is 5. The highest BCUT2D eigenvalue weighted by molar-refractivity contribution is 7.18. The molecular weight excluding hydrogens is 360 g/mol. The molecule has 0 bridgehead atoms. The van der Waals surface area contributed by atoms with E-state index in [1.165, 1.54) is 11.3 Å². The second-order valence-electron chi connectivity index (χ2n) is 7.41. The Morgan fingerprint density at radius 3 is 2.48 bits per heavy atom. The number of carbonyl (C=O) groups excluding carboxylic acids is 1. The van der Waals surface area contributed by atoms with Gasteiger partial charge >= 0.3 is 6.09 Å². The van der Waals surface area contributed by atoms with E-state index in [1.807, 2.05) is 75.4 Å². The monoisotopic (exact) mass is 384 g/mol. The summed E-state index contributed by atoms with van der Waals surface area (Å²) in [6, 6.07) is 16.9. The largest absolute Gasteiger partial charge is 0.444 e. The van der Waals surface area contributed by atoms with Crippen molar-refractivity contribution in [2.45, 2.75) is 44.9 Å². The summed E-state index contributed by atoms with van der Waals surface area (Å²) in [7, 11) is 0. The van der Waals surface area contributed by atoms with E-state index in [4.69, 9.17) is 4.74 Å². The van der Waals surface area contributed by atoms with Gasteiger partial charge in [-0.15, -0.1) is 11.3 Å². The zero-order chi connectivity index (χ0) is 19.4. The third-order valence-corrected chi connectivity index (χ3v) is 5.05. The summed E-state index contributed by atoms with van der Waals surface area (Å²) in [6.45, 7) is 5.42. The molecule has 2 atom stereocenters. The number of amides is 1. The average Bonchev–Trinajstić information content (AvgIpc) is 3.04. The summed E-state index contributed by atoms with van der Waals surface area (Å²) in [6.07, 6.45) is -1.02. The molecule has 6 heteroatoms. The van der Waals surface area contributed by atoms with Crippen molar-refractivity contribution in [2.75, 3.05) is 0 Å². The Hall–Kier alpha value is -2.44. The first kappa shape index (κ1) is 19.3. The molecule has 1 aromatic heterocycles. The molecule has 142 valence electrons. The second kappa shape index (κ2) is 8.06. The van der Waals surface area contributed by atoms with Crippen LogP contribution in [0.2, 0.25) is 0 Å². The van der Waals surface area contributed by atoms with Crippen LogP contribution in [0.15, 0.2) is 54.6 Å². The lowest BCUT2D eigenvalue weighted by atomic mass is 10.0. The summed E-state index contributed by atoms with van der Waals surface area (Å²) in [5, 5.41) is 14.4. The quantitative estimate of drug-likeness (QED) is 0.681. The van der Waals surface area contributed by atoms with Crippen molar-refractivity contribution in [3.05, 3.63) is 65.2 Å². The van der Waals surface area contributed by atoms with Gasteiger partial charge in [-0.1, -0.05) is 42.5 Å². The van der Waals surface area contributed by atoms with E-state index in [0.29, 0.717) is 11.4 Å². The number of rotatable bonds is 5. The Balaban J connectivity index is 1.84. The Morgan fingerprint density at radius 2 is 1.81 bits per heavy atom. The molecule has 0 aliphatic rings. The topological polar surface area (TPSA) is 71.5 Å². The molecule has 5 nitrogen and oxygen atoms in total. The van der Waals surface area contributed by atoms with Gasteiger partial charge in [0.05, 0.1) is 16.3 Å². The highest BCUT2D eigenvalue weighted by atomic mass is 32.1. The molecule has 1 heterocycles. The van der Waals surface area contributed by atoms with Crippen LogP contribution in [0.4, 0.5) is 4.79 Å². The molecule has 0 fully saturated rings. The van der Waals surface area contributed by atoms with Gasteiger partial charge < -0.3 is 15.2 Å². The van der Waals surface area contributed by atoms with E-state index in [1.54, 1.807) is 0 Å². The molecule has 1 amide bonds. The van der Waals surface area contributed by atoms with E-state index in [0.717, 1.165) is 15.8 Å². The van der Waals surface area contributed by atoms with Crippen molar-refractivity contribution < 1.29 is 14.6 Å². The van der Waals surface area contributed by atoms with Crippen LogP contribution in [-0.2, 0) is 11.2 Å². The lowest BCUT2D eigenvalue weighted by Gasteiger charge is -2.26. The number of alkyl carbamates (subject to hydrolysis) is 1. The minimum atomic E-state index is -0.935. The van der Waals surface area contributed by atoms with Crippen molar-refractivity contribution in [1.82, 2.24) is 10.3 Å². The summed E-state index contributed by atoms with van der Waals surface area (Å²) >= 11 is 1.43. The number of hydrogen-bond donors (Lipinski definition) is 2. The van der Waals surface area contributed by atoms with Gasteiger partial charge in [0.15, 0.2) is 0 Å². The van der Waals surface area contributed by atoms with Crippen LogP contribution in [-0.4, -0.2) is 27.8 Å². The molecule has 2 N–H and O–H groups in total. The maximum Gasteiger partial charge on any atom is 0.407 e. The Bertz CT molecular complexity index is 869. The number of carbonyl (C=O) groups is 1. The molecule has 3 aromatic rings. The van der Waals surface area contributed by atoms with Gasteiger partial charge in [-0.3, -0.25) is 0 Å². The normalized spacial score (nSPS) is 13.9. The number of aliphatic hydroxyl groups excluding tert-OH is 1. The SMILES string of the molecule is CC(C)(C)OC(=O)NC(Cc1ccccc1)C(O)c1nc2ccccc2s1. The van der Waals surface area contributed by atoms with Crippen molar-refractivity contribution in [3.63, 3.8) is 0 Å². The van der Waals surface area contributed by atoms with Gasteiger partial charge in [0.2, 0.25) is 0 Å². The Labute approximate surface area is 163 Å². The Kier molecular flexibility index (Phi) is 5.77. The molecule has 3 rings (SSSR count). The van der Waals surface area contributed by atoms with Gasteiger partial charge in [-0.2, -0.15) is 0 Å². The van der Waals surface area contributed by atoms with Crippen LogP contribution in [0.1, 0.15) is 37.4 Å². The maximum absolute atomic E-state index is 12.3. The summed E-state index contributed by atoms with van der Waals surface area (Å²) in [5.41, 5.74) is 1.24. The molecule has 0 saturated heterocycles. The van der Waals surface area contributed by atoms with Crippen LogP contribution in [0, 0.1) is 0 Å². The highest BCUT2D eigenvalue weighted by Crippen LogP contribution is 2.29. The lowest BCUT2D eigenvalue weighted by Crippen LogP contribution is -2.43. The number of nitrogens with one attached hydrogen (secondary N) is 1. The first-order chi connectivity index (χ1) is 12.8. The molecule has 2 aromatic carbocycles. The zero-order valence-corrected chi connectivity index (χ0v) is 16.5. The smallest absolute Gasteiger partial charge is 0.407 e. The number of benzene rings is 2. The third-order valence-electron chi connectivity index (χ3n) is 3.95. The van der Waals surface area contributed by atoms with Gasteiger partial charge in [-0.25, -0.2) is 9.78 Å². The van der Waals surface area contributed by atoms with Crippen LogP contribution < -0.4 is 5.32 Å². The van der Waals surface area contributed by atoms with Crippen LogP contribution >= 0.6 is 11.3 Å². The predicted octanol–water partition coefficient (Wildman–Crippen LogP) is 4.47. The number of aliphatic hydroxyl groups is 1. The third kappa shape index (κ3) is 5.28. The van der Waals surface area contributed by atoms with Crippen molar-refractivity contribution in [2.24, 2.45) is 0 Å². The standard InChI is InChI=1S/C21H24N2O3S/c1-21(2,3)26-20(25)23-16(13-14-9-5-4-6-10-14)18(24)19-22-15-11-7-8-12-17(15)27-19/h4-12,16,18,24H,13H2,1-3H3,(H,23,25). The number of fused-ring (bicyclic) bond motifs is 1. The number of aromatic nitrogens is 1. The fourth-order valence-electron chi connectivity index (χ4n) is 2.76. The van der Waals surface area contributed by atoms with E-state index in [-0.39, 0.29) is 0 Å². The molecule has 0 aliphatic heterocycles. The molecule has 0 saturated carbocycles. The number of ether oxygens (including phenoxy) is 1. The van der Waals surface area contributed by atoms with E-state index in [9.17, 15) is 9.90 Å². The lowest BCUT2D eigenvalue weighted by molar-refractivity contribution is 0.0421. The first-order valence-electron chi connectivity index (χ1n) is 8.89.